The standard InChI is InChI=1S/C15H15N5OS/c1-7-18-9-5-15(2,3)4-8(12(9)22-7)11-10-13(20-19-11)16-6-17-14(10)21/h4,6H,5H2,1-3H3,(H2,16,17,19,20,21). The second-order valence-corrected chi connectivity index (χ2v) is 7.46. The Kier molecular flexibility index (Phi) is 2.65. The molecule has 0 amide bonds. The molecule has 3 aromatic rings. The zero-order valence-corrected chi connectivity index (χ0v) is 13.3. The molecule has 0 aliphatic heterocycles. The van der Waals surface area contributed by atoms with Crippen molar-refractivity contribution in [1.29, 1.82) is 0 Å². The Morgan fingerprint density at radius 3 is 3.00 bits per heavy atom. The van der Waals surface area contributed by atoms with Crippen LogP contribution in [0.25, 0.3) is 16.6 Å². The first-order valence-electron chi connectivity index (χ1n) is 7.06. The number of thiazole rings is 1. The van der Waals surface area contributed by atoms with Gasteiger partial charge in [-0.1, -0.05) is 19.9 Å². The second-order valence-electron chi connectivity index (χ2n) is 6.26. The Labute approximate surface area is 130 Å². The van der Waals surface area contributed by atoms with Crippen LogP contribution in [0.15, 0.2) is 17.2 Å². The van der Waals surface area contributed by atoms with Crippen molar-refractivity contribution in [2.24, 2.45) is 5.41 Å². The molecule has 22 heavy (non-hydrogen) atoms. The molecule has 6 nitrogen and oxygen atoms in total. The van der Waals surface area contributed by atoms with Gasteiger partial charge in [-0.3, -0.25) is 9.89 Å². The van der Waals surface area contributed by atoms with Gasteiger partial charge in [0.05, 0.1) is 27.6 Å². The molecule has 0 saturated carbocycles. The highest BCUT2D eigenvalue weighted by Gasteiger charge is 2.30. The van der Waals surface area contributed by atoms with E-state index in [-0.39, 0.29) is 11.0 Å². The number of rotatable bonds is 1. The number of nitrogens with zero attached hydrogens (tertiary/aromatic N) is 3. The lowest BCUT2D eigenvalue weighted by Gasteiger charge is -2.26. The van der Waals surface area contributed by atoms with E-state index in [1.807, 2.05) is 6.92 Å². The number of allylic oxidation sites excluding steroid dienone is 1. The quantitative estimate of drug-likeness (QED) is 0.722. The predicted molar refractivity (Wildman–Crippen MR) is 85.9 cm³/mol. The van der Waals surface area contributed by atoms with Crippen LogP contribution in [0.5, 0.6) is 0 Å². The predicted octanol–water partition coefficient (Wildman–Crippen LogP) is 2.43. The van der Waals surface area contributed by atoms with Crippen LogP contribution in [0.4, 0.5) is 0 Å². The van der Waals surface area contributed by atoms with E-state index in [2.05, 4.69) is 45.1 Å². The van der Waals surface area contributed by atoms with Crippen LogP contribution in [0.1, 0.15) is 35.1 Å². The molecule has 0 spiro atoms. The summed E-state index contributed by atoms with van der Waals surface area (Å²) in [4.78, 5) is 24.7. The monoisotopic (exact) mass is 313 g/mol. The molecule has 112 valence electrons. The zero-order chi connectivity index (χ0) is 15.5. The molecule has 0 saturated heterocycles. The number of aryl methyl sites for hydroxylation is 1. The average Bonchev–Trinajstić information content (AvgIpc) is 3.00. The van der Waals surface area contributed by atoms with E-state index in [9.17, 15) is 4.79 Å². The number of hydrogen-bond donors (Lipinski definition) is 2. The largest absolute Gasteiger partial charge is 0.312 e. The number of aromatic nitrogens is 5. The summed E-state index contributed by atoms with van der Waals surface area (Å²) in [6, 6.07) is 0. The van der Waals surface area contributed by atoms with Gasteiger partial charge in [-0.05, 0) is 18.8 Å². The fourth-order valence-electron chi connectivity index (χ4n) is 2.99. The summed E-state index contributed by atoms with van der Waals surface area (Å²) < 4.78 is 0. The first-order valence-corrected chi connectivity index (χ1v) is 7.88. The molecule has 0 bridgehead atoms. The highest BCUT2D eigenvalue weighted by Crippen LogP contribution is 2.42. The van der Waals surface area contributed by atoms with Crippen LogP contribution in [0, 0.1) is 12.3 Å². The van der Waals surface area contributed by atoms with Crippen LogP contribution in [0.2, 0.25) is 0 Å². The first-order chi connectivity index (χ1) is 10.4. The van der Waals surface area contributed by atoms with E-state index in [1.165, 1.54) is 6.33 Å². The molecule has 3 aromatic heterocycles. The van der Waals surface area contributed by atoms with Crippen molar-refractivity contribution in [3.63, 3.8) is 0 Å². The number of aromatic amines is 2. The van der Waals surface area contributed by atoms with Crippen molar-refractivity contribution in [2.45, 2.75) is 27.2 Å². The number of H-pyrrole nitrogens is 2. The lowest BCUT2D eigenvalue weighted by Crippen LogP contribution is -2.18. The van der Waals surface area contributed by atoms with Crippen LogP contribution >= 0.6 is 11.3 Å². The van der Waals surface area contributed by atoms with Crippen LogP contribution in [-0.2, 0) is 6.42 Å². The van der Waals surface area contributed by atoms with E-state index in [1.54, 1.807) is 11.3 Å². The Balaban J connectivity index is 2.04. The summed E-state index contributed by atoms with van der Waals surface area (Å²) in [6.45, 7) is 6.35. The van der Waals surface area contributed by atoms with E-state index >= 15 is 0 Å². The summed E-state index contributed by atoms with van der Waals surface area (Å²) in [5.41, 5.74) is 3.05. The SMILES string of the molecule is Cc1nc2c(s1)C(c1[nH]nc3nc[nH]c(=O)c13)=CC(C)(C)C2. The Morgan fingerprint density at radius 1 is 1.36 bits per heavy atom. The molecule has 0 aromatic carbocycles. The topological polar surface area (TPSA) is 87.3 Å². The zero-order valence-electron chi connectivity index (χ0n) is 12.5. The van der Waals surface area contributed by atoms with Gasteiger partial charge in [-0.15, -0.1) is 11.3 Å². The average molecular weight is 313 g/mol. The van der Waals surface area contributed by atoms with Gasteiger partial charge in [-0.2, -0.15) is 5.10 Å². The normalized spacial score (nSPS) is 16.6. The Hall–Kier alpha value is -2.28. The first kappa shape index (κ1) is 13.4. The third-order valence-electron chi connectivity index (χ3n) is 3.83. The number of hydrogen-bond acceptors (Lipinski definition) is 5. The van der Waals surface area contributed by atoms with Gasteiger partial charge in [0.25, 0.3) is 5.56 Å². The van der Waals surface area contributed by atoms with Crippen molar-refractivity contribution in [3.05, 3.63) is 44.0 Å². The Bertz CT molecular complexity index is 975. The van der Waals surface area contributed by atoms with Gasteiger partial charge in [0.15, 0.2) is 5.65 Å². The maximum atomic E-state index is 12.2. The smallest absolute Gasteiger partial charge is 0.262 e. The van der Waals surface area contributed by atoms with Gasteiger partial charge in [-0.25, -0.2) is 9.97 Å². The third-order valence-corrected chi connectivity index (χ3v) is 4.88. The second kappa shape index (κ2) is 4.36. The minimum absolute atomic E-state index is 0.0186. The van der Waals surface area contributed by atoms with Gasteiger partial charge >= 0.3 is 0 Å². The summed E-state index contributed by atoms with van der Waals surface area (Å²) in [5.74, 6) is 0. The molecular weight excluding hydrogens is 298 g/mol. The minimum atomic E-state index is -0.180. The summed E-state index contributed by atoms with van der Waals surface area (Å²) in [7, 11) is 0. The van der Waals surface area contributed by atoms with Gasteiger partial charge in [0.1, 0.15) is 5.39 Å². The number of nitrogens with one attached hydrogen (secondary N) is 2. The number of fused-ring (bicyclic) bond motifs is 2. The summed E-state index contributed by atoms with van der Waals surface area (Å²) in [5, 5.41) is 8.69. The van der Waals surface area contributed by atoms with Crippen LogP contribution in [0.3, 0.4) is 0 Å². The highest BCUT2D eigenvalue weighted by atomic mass is 32.1. The molecule has 0 unspecified atom stereocenters. The van der Waals surface area contributed by atoms with Crippen molar-refractivity contribution in [3.8, 4) is 0 Å². The molecule has 0 atom stereocenters. The fourth-order valence-corrected chi connectivity index (χ4v) is 3.94. The highest BCUT2D eigenvalue weighted by molar-refractivity contribution is 7.13. The summed E-state index contributed by atoms with van der Waals surface area (Å²) in [6.07, 6.45) is 4.47. The lowest BCUT2D eigenvalue weighted by molar-refractivity contribution is 0.467. The molecule has 1 aliphatic rings. The molecule has 0 fully saturated rings. The van der Waals surface area contributed by atoms with Crippen molar-refractivity contribution >= 4 is 27.9 Å². The maximum absolute atomic E-state index is 12.2. The Morgan fingerprint density at radius 2 is 2.18 bits per heavy atom. The fraction of sp³-hybridized carbons (Fsp3) is 0.333. The molecule has 4 rings (SSSR count). The van der Waals surface area contributed by atoms with Gasteiger partial charge in [0.2, 0.25) is 0 Å². The van der Waals surface area contributed by atoms with E-state index in [4.69, 9.17) is 0 Å². The summed E-state index contributed by atoms with van der Waals surface area (Å²) >= 11 is 1.65. The third kappa shape index (κ3) is 1.93. The van der Waals surface area contributed by atoms with Gasteiger partial charge in [0, 0.05) is 5.57 Å². The maximum Gasteiger partial charge on any atom is 0.262 e. The molecule has 2 N–H and O–H groups in total. The van der Waals surface area contributed by atoms with Gasteiger partial charge < -0.3 is 4.98 Å². The van der Waals surface area contributed by atoms with E-state index in [0.717, 1.165) is 33.3 Å². The molecular formula is C15H15N5OS. The lowest BCUT2D eigenvalue weighted by atomic mass is 9.80. The molecule has 0 radical (unpaired) electrons. The van der Waals surface area contributed by atoms with Crippen molar-refractivity contribution in [1.82, 2.24) is 25.1 Å². The minimum Gasteiger partial charge on any atom is -0.312 e. The van der Waals surface area contributed by atoms with Crippen molar-refractivity contribution in [2.75, 3.05) is 0 Å². The van der Waals surface area contributed by atoms with E-state index in [0.29, 0.717) is 11.0 Å². The van der Waals surface area contributed by atoms with Crippen LogP contribution < -0.4 is 5.56 Å². The molecule has 3 heterocycles. The van der Waals surface area contributed by atoms with E-state index < -0.39 is 0 Å². The van der Waals surface area contributed by atoms with Crippen molar-refractivity contribution < 1.29 is 0 Å². The molecule has 1 aliphatic carbocycles. The van der Waals surface area contributed by atoms with Crippen LogP contribution in [-0.4, -0.2) is 25.1 Å². The molecule has 7 heteroatoms.